The van der Waals surface area contributed by atoms with Crippen LogP contribution in [0.3, 0.4) is 0 Å². The second-order valence-electron chi connectivity index (χ2n) is 7.02. The summed E-state index contributed by atoms with van der Waals surface area (Å²) in [6.07, 6.45) is 3.49. The Hall–Kier alpha value is -1.84. The van der Waals surface area contributed by atoms with Crippen LogP contribution in [-0.2, 0) is 9.59 Å². The number of esters is 1. The maximum atomic E-state index is 12.5. The van der Waals surface area contributed by atoms with Crippen molar-refractivity contribution in [2.45, 2.75) is 46.5 Å². The lowest BCUT2D eigenvalue weighted by molar-refractivity contribution is -0.143. The van der Waals surface area contributed by atoms with Gasteiger partial charge in [-0.3, -0.25) is 9.59 Å². The van der Waals surface area contributed by atoms with Crippen LogP contribution in [-0.4, -0.2) is 29.9 Å². The average molecular weight is 315 g/mol. The molecule has 0 unspecified atom stereocenters. The molecular formula is C19H25NO3. The summed E-state index contributed by atoms with van der Waals surface area (Å²) in [7, 11) is 0. The molecule has 2 aliphatic rings. The first-order chi connectivity index (χ1) is 11.0. The van der Waals surface area contributed by atoms with Crippen LogP contribution in [0.1, 0.15) is 42.4 Å². The second kappa shape index (κ2) is 6.34. The highest BCUT2D eigenvalue weighted by atomic mass is 16.5. The normalized spacial score (nSPS) is 18.8. The van der Waals surface area contributed by atoms with Gasteiger partial charge in [0.25, 0.3) is 0 Å². The lowest BCUT2D eigenvalue weighted by atomic mass is 9.96. The third kappa shape index (κ3) is 3.57. The summed E-state index contributed by atoms with van der Waals surface area (Å²) < 4.78 is 5.68. The van der Waals surface area contributed by atoms with Gasteiger partial charge in [0.1, 0.15) is 5.75 Å². The van der Waals surface area contributed by atoms with Crippen LogP contribution in [0, 0.1) is 32.6 Å². The number of rotatable bonds is 3. The minimum Gasteiger partial charge on any atom is -0.426 e. The number of piperidine rings is 1. The van der Waals surface area contributed by atoms with Crippen LogP contribution >= 0.6 is 0 Å². The molecule has 2 fully saturated rings. The maximum absolute atomic E-state index is 12.5. The number of benzene rings is 1. The van der Waals surface area contributed by atoms with Crippen molar-refractivity contribution in [3.63, 3.8) is 0 Å². The van der Waals surface area contributed by atoms with E-state index in [1.165, 1.54) is 5.56 Å². The Morgan fingerprint density at radius 2 is 1.52 bits per heavy atom. The summed E-state index contributed by atoms with van der Waals surface area (Å²) in [4.78, 5) is 26.4. The predicted molar refractivity (Wildman–Crippen MR) is 88.3 cm³/mol. The third-order valence-corrected chi connectivity index (χ3v) is 4.87. The number of likely N-dealkylation sites (tertiary alicyclic amines) is 1. The average Bonchev–Trinajstić information content (AvgIpc) is 3.35. The fraction of sp³-hybridized carbons (Fsp3) is 0.579. The van der Waals surface area contributed by atoms with E-state index < -0.39 is 0 Å². The molecule has 4 heteroatoms. The highest BCUT2D eigenvalue weighted by Crippen LogP contribution is 2.33. The minimum absolute atomic E-state index is 0.0987. The highest BCUT2D eigenvalue weighted by Gasteiger charge is 2.36. The lowest BCUT2D eigenvalue weighted by Gasteiger charge is -2.31. The number of nitrogens with zero attached hydrogens (tertiary/aromatic N) is 1. The first-order valence-corrected chi connectivity index (χ1v) is 8.54. The van der Waals surface area contributed by atoms with E-state index in [0.29, 0.717) is 31.7 Å². The van der Waals surface area contributed by atoms with Crippen molar-refractivity contribution < 1.29 is 14.3 Å². The van der Waals surface area contributed by atoms with Crippen LogP contribution in [0.2, 0.25) is 0 Å². The van der Waals surface area contributed by atoms with E-state index in [1.54, 1.807) is 0 Å². The Kier molecular flexibility index (Phi) is 4.42. The van der Waals surface area contributed by atoms with Crippen LogP contribution in [0.25, 0.3) is 0 Å². The SMILES string of the molecule is Cc1cc(C)c(OC(=O)C2CCN(C(=O)C3CC3)CC2)c(C)c1. The summed E-state index contributed by atoms with van der Waals surface area (Å²) in [5, 5.41) is 0. The molecule has 4 nitrogen and oxygen atoms in total. The molecule has 3 rings (SSSR count). The molecule has 23 heavy (non-hydrogen) atoms. The number of carbonyl (C=O) groups excluding carboxylic acids is 2. The van der Waals surface area contributed by atoms with Gasteiger partial charge in [0.15, 0.2) is 0 Å². The van der Waals surface area contributed by atoms with Gasteiger partial charge in [-0.15, -0.1) is 0 Å². The van der Waals surface area contributed by atoms with Crippen molar-refractivity contribution in [1.29, 1.82) is 0 Å². The molecule has 1 aliphatic heterocycles. The smallest absolute Gasteiger partial charge is 0.314 e. The molecule has 1 amide bonds. The van der Waals surface area contributed by atoms with Gasteiger partial charge in [-0.05, 0) is 57.6 Å². The molecule has 0 N–H and O–H groups in total. The Morgan fingerprint density at radius 3 is 2.04 bits per heavy atom. The van der Waals surface area contributed by atoms with E-state index in [2.05, 4.69) is 0 Å². The number of ether oxygens (including phenoxy) is 1. The lowest BCUT2D eigenvalue weighted by Crippen LogP contribution is -2.41. The van der Waals surface area contributed by atoms with E-state index in [1.807, 2.05) is 37.8 Å². The minimum atomic E-state index is -0.154. The summed E-state index contributed by atoms with van der Waals surface area (Å²) in [5.74, 6) is 0.979. The molecule has 124 valence electrons. The van der Waals surface area contributed by atoms with Gasteiger partial charge in [-0.1, -0.05) is 17.7 Å². The molecule has 0 atom stereocenters. The fourth-order valence-electron chi connectivity index (χ4n) is 3.44. The molecular weight excluding hydrogens is 290 g/mol. The quantitative estimate of drug-likeness (QED) is 0.636. The number of hydrogen-bond donors (Lipinski definition) is 0. The standard InChI is InChI=1S/C19H25NO3/c1-12-10-13(2)17(14(3)11-12)23-19(22)16-6-8-20(9-7-16)18(21)15-4-5-15/h10-11,15-16H,4-9H2,1-3H3. The number of hydrogen-bond acceptors (Lipinski definition) is 3. The van der Waals surface area contributed by atoms with Crippen molar-refractivity contribution >= 4 is 11.9 Å². The van der Waals surface area contributed by atoms with E-state index in [-0.39, 0.29) is 23.7 Å². The second-order valence-corrected chi connectivity index (χ2v) is 7.02. The Morgan fingerprint density at radius 1 is 0.957 bits per heavy atom. The Bertz CT molecular complexity index is 602. The summed E-state index contributed by atoms with van der Waals surface area (Å²) in [6.45, 7) is 7.35. The number of aryl methyl sites for hydroxylation is 3. The molecule has 0 spiro atoms. The Labute approximate surface area is 137 Å². The molecule has 1 saturated heterocycles. The maximum Gasteiger partial charge on any atom is 0.314 e. The molecule has 1 aromatic carbocycles. The van der Waals surface area contributed by atoms with Crippen molar-refractivity contribution in [1.82, 2.24) is 4.90 Å². The van der Waals surface area contributed by atoms with E-state index in [0.717, 1.165) is 24.0 Å². The zero-order valence-corrected chi connectivity index (χ0v) is 14.2. The van der Waals surface area contributed by atoms with Crippen LogP contribution < -0.4 is 4.74 Å². The van der Waals surface area contributed by atoms with Crippen molar-refractivity contribution in [2.75, 3.05) is 13.1 Å². The van der Waals surface area contributed by atoms with Crippen molar-refractivity contribution in [2.24, 2.45) is 11.8 Å². The molecule has 1 heterocycles. The number of carbonyl (C=O) groups is 2. The van der Waals surface area contributed by atoms with Crippen molar-refractivity contribution in [3.05, 3.63) is 28.8 Å². The summed E-state index contributed by atoms with van der Waals surface area (Å²) in [6, 6.07) is 4.07. The van der Waals surface area contributed by atoms with Crippen LogP contribution in [0.4, 0.5) is 0 Å². The van der Waals surface area contributed by atoms with Crippen LogP contribution in [0.5, 0.6) is 5.75 Å². The highest BCUT2D eigenvalue weighted by molar-refractivity contribution is 5.82. The zero-order valence-electron chi connectivity index (χ0n) is 14.2. The summed E-state index contributed by atoms with van der Waals surface area (Å²) >= 11 is 0. The predicted octanol–water partition coefficient (Wildman–Crippen LogP) is 3.17. The molecule has 0 radical (unpaired) electrons. The fourth-order valence-corrected chi connectivity index (χ4v) is 3.44. The monoisotopic (exact) mass is 315 g/mol. The molecule has 1 aliphatic carbocycles. The topological polar surface area (TPSA) is 46.6 Å². The molecule has 1 saturated carbocycles. The van der Waals surface area contributed by atoms with Gasteiger partial charge in [-0.2, -0.15) is 0 Å². The summed E-state index contributed by atoms with van der Waals surface area (Å²) in [5.41, 5.74) is 3.17. The Balaban J connectivity index is 1.58. The van der Waals surface area contributed by atoms with Gasteiger partial charge in [0.2, 0.25) is 5.91 Å². The van der Waals surface area contributed by atoms with E-state index >= 15 is 0 Å². The van der Waals surface area contributed by atoms with Crippen molar-refractivity contribution in [3.8, 4) is 5.75 Å². The van der Waals surface area contributed by atoms with E-state index in [9.17, 15) is 9.59 Å². The van der Waals surface area contributed by atoms with Crippen LogP contribution in [0.15, 0.2) is 12.1 Å². The van der Waals surface area contributed by atoms with Gasteiger partial charge in [0, 0.05) is 19.0 Å². The van der Waals surface area contributed by atoms with E-state index in [4.69, 9.17) is 4.74 Å². The molecule has 1 aromatic rings. The van der Waals surface area contributed by atoms with Gasteiger partial charge in [0.05, 0.1) is 5.92 Å². The first-order valence-electron chi connectivity index (χ1n) is 8.54. The molecule has 0 bridgehead atoms. The first kappa shape index (κ1) is 16.0. The zero-order chi connectivity index (χ0) is 16.6. The van der Waals surface area contributed by atoms with Gasteiger partial charge in [-0.25, -0.2) is 0 Å². The third-order valence-electron chi connectivity index (χ3n) is 4.87. The van der Waals surface area contributed by atoms with Gasteiger partial charge < -0.3 is 9.64 Å². The molecule has 0 aromatic heterocycles. The largest absolute Gasteiger partial charge is 0.426 e. The van der Waals surface area contributed by atoms with Gasteiger partial charge >= 0.3 is 5.97 Å². The number of amides is 1.